The molecule has 0 aromatic carbocycles. The molecule has 1 aliphatic rings. The van der Waals surface area contributed by atoms with Gasteiger partial charge in [0.1, 0.15) is 0 Å². The highest BCUT2D eigenvalue weighted by molar-refractivity contribution is 9.11. The lowest BCUT2D eigenvalue weighted by atomic mass is 10.2. The highest BCUT2D eigenvalue weighted by Gasteiger charge is 2.21. The zero-order valence-corrected chi connectivity index (χ0v) is 14.8. The molecule has 1 N–H and O–H groups in total. The summed E-state index contributed by atoms with van der Waals surface area (Å²) in [6, 6.07) is 4.29. The maximum absolute atomic E-state index is 5.76. The molecule has 2 unspecified atom stereocenters. The zero-order valence-electron chi connectivity index (χ0n) is 12.4. The summed E-state index contributed by atoms with van der Waals surface area (Å²) >= 11 is 5.30. The van der Waals surface area contributed by atoms with Crippen molar-refractivity contribution in [1.29, 1.82) is 0 Å². The molecule has 0 radical (unpaired) electrons. The standard InChI is InChI=1S/C15H25BrN2OS/c1-12-10-18(11-13(2)19-12)8-4-3-7-17-9-14-5-6-15(16)20-14/h5-6,12-13,17H,3-4,7-11H2,1-2H3. The van der Waals surface area contributed by atoms with Gasteiger partial charge in [-0.3, -0.25) is 4.90 Å². The summed E-state index contributed by atoms with van der Waals surface area (Å²) in [6.07, 6.45) is 3.27. The Kier molecular flexibility index (Phi) is 6.97. The SMILES string of the molecule is CC1CN(CCCCNCc2ccc(Br)s2)CC(C)O1. The van der Waals surface area contributed by atoms with E-state index in [1.54, 1.807) is 11.3 Å². The lowest BCUT2D eigenvalue weighted by Gasteiger charge is -2.35. The van der Waals surface area contributed by atoms with E-state index in [1.165, 1.54) is 28.0 Å². The van der Waals surface area contributed by atoms with Crippen molar-refractivity contribution in [3.05, 3.63) is 20.8 Å². The number of hydrogen-bond acceptors (Lipinski definition) is 4. The highest BCUT2D eigenvalue weighted by Crippen LogP contribution is 2.21. The van der Waals surface area contributed by atoms with Crippen LogP contribution >= 0.6 is 27.3 Å². The van der Waals surface area contributed by atoms with Crippen LogP contribution in [0.25, 0.3) is 0 Å². The van der Waals surface area contributed by atoms with Gasteiger partial charge in [-0.25, -0.2) is 0 Å². The number of unbranched alkanes of at least 4 members (excludes halogenated alkanes) is 1. The molecule has 2 atom stereocenters. The third-order valence-electron chi connectivity index (χ3n) is 3.50. The number of halogens is 1. The number of hydrogen-bond donors (Lipinski definition) is 1. The van der Waals surface area contributed by atoms with Gasteiger partial charge in [-0.1, -0.05) is 0 Å². The number of thiophene rings is 1. The number of morpholine rings is 1. The topological polar surface area (TPSA) is 24.5 Å². The molecular weight excluding hydrogens is 336 g/mol. The maximum atomic E-state index is 5.76. The number of rotatable bonds is 7. The quantitative estimate of drug-likeness (QED) is 0.753. The van der Waals surface area contributed by atoms with E-state index in [4.69, 9.17) is 4.74 Å². The first-order valence-corrected chi connectivity index (χ1v) is 9.07. The average molecular weight is 361 g/mol. The fourth-order valence-corrected chi connectivity index (χ4v) is 4.16. The third kappa shape index (κ3) is 5.82. The van der Waals surface area contributed by atoms with Crippen LogP contribution in [0.3, 0.4) is 0 Å². The Hall–Kier alpha value is 0.0600. The molecule has 0 aliphatic carbocycles. The van der Waals surface area contributed by atoms with Gasteiger partial charge < -0.3 is 10.1 Å². The Bertz CT molecular complexity index is 389. The first kappa shape index (κ1) is 16.4. The Balaban J connectivity index is 1.51. The fraction of sp³-hybridized carbons (Fsp3) is 0.733. The summed E-state index contributed by atoms with van der Waals surface area (Å²) in [4.78, 5) is 3.93. The molecule has 0 amide bonds. The van der Waals surface area contributed by atoms with Gasteiger partial charge in [0, 0.05) is 24.5 Å². The number of nitrogens with zero attached hydrogens (tertiary/aromatic N) is 1. The first-order valence-electron chi connectivity index (χ1n) is 7.46. The van der Waals surface area contributed by atoms with Crippen LogP contribution in [0.5, 0.6) is 0 Å². The van der Waals surface area contributed by atoms with Crippen LogP contribution in [0.1, 0.15) is 31.6 Å². The molecule has 0 bridgehead atoms. The van der Waals surface area contributed by atoms with Crippen molar-refractivity contribution in [3.63, 3.8) is 0 Å². The van der Waals surface area contributed by atoms with Gasteiger partial charge >= 0.3 is 0 Å². The average Bonchev–Trinajstić information content (AvgIpc) is 2.78. The van der Waals surface area contributed by atoms with Crippen LogP contribution in [0.2, 0.25) is 0 Å². The molecule has 2 rings (SSSR count). The second-order valence-electron chi connectivity index (χ2n) is 5.61. The smallest absolute Gasteiger partial charge is 0.0701 e. The minimum absolute atomic E-state index is 0.383. The van der Waals surface area contributed by atoms with Crippen LogP contribution in [-0.4, -0.2) is 43.3 Å². The molecular formula is C15H25BrN2OS. The van der Waals surface area contributed by atoms with Crippen LogP contribution in [0, 0.1) is 0 Å². The van der Waals surface area contributed by atoms with E-state index in [0.29, 0.717) is 12.2 Å². The largest absolute Gasteiger partial charge is 0.373 e. The summed E-state index contributed by atoms with van der Waals surface area (Å²) in [5.41, 5.74) is 0. The van der Waals surface area contributed by atoms with Crippen molar-refractivity contribution in [2.45, 2.75) is 45.4 Å². The molecule has 0 spiro atoms. The van der Waals surface area contributed by atoms with Crippen molar-refractivity contribution in [1.82, 2.24) is 10.2 Å². The van der Waals surface area contributed by atoms with E-state index in [9.17, 15) is 0 Å². The first-order chi connectivity index (χ1) is 9.63. The van der Waals surface area contributed by atoms with Gasteiger partial charge in [-0.15, -0.1) is 11.3 Å². The summed E-state index contributed by atoms with van der Waals surface area (Å²) in [5.74, 6) is 0. The second-order valence-corrected chi connectivity index (χ2v) is 8.15. The van der Waals surface area contributed by atoms with Crippen LogP contribution in [0.15, 0.2) is 15.9 Å². The van der Waals surface area contributed by atoms with E-state index in [1.807, 2.05) is 0 Å². The molecule has 0 saturated carbocycles. The van der Waals surface area contributed by atoms with Crippen molar-refractivity contribution >= 4 is 27.3 Å². The van der Waals surface area contributed by atoms with Gasteiger partial charge in [-0.05, 0) is 67.8 Å². The molecule has 1 aromatic rings. The Labute approximate surface area is 134 Å². The molecule has 1 fully saturated rings. The van der Waals surface area contributed by atoms with E-state index >= 15 is 0 Å². The maximum Gasteiger partial charge on any atom is 0.0701 e. The van der Waals surface area contributed by atoms with Crippen LogP contribution in [-0.2, 0) is 11.3 Å². The van der Waals surface area contributed by atoms with Gasteiger partial charge in [0.15, 0.2) is 0 Å². The summed E-state index contributed by atoms with van der Waals surface area (Å²) < 4.78 is 6.97. The molecule has 114 valence electrons. The van der Waals surface area contributed by atoms with Crippen LogP contribution in [0.4, 0.5) is 0 Å². The van der Waals surface area contributed by atoms with Crippen molar-refractivity contribution < 1.29 is 4.74 Å². The molecule has 2 heterocycles. The predicted octanol–water partition coefficient (Wildman–Crippen LogP) is 3.49. The summed E-state index contributed by atoms with van der Waals surface area (Å²) in [6.45, 7) is 9.80. The summed E-state index contributed by atoms with van der Waals surface area (Å²) in [7, 11) is 0. The molecule has 3 nitrogen and oxygen atoms in total. The molecule has 5 heteroatoms. The van der Waals surface area contributed by atoms with Gasteiger partial charge in [0.05, 0.1) is 16.0 Å². The Morgan fingerprint density at radius 2 is 2.05 bits per heavy atom. The van der Waals surface area contributed by atoms with Crippen molar-refractivity contribution in [3.8, 4) is 0 Å². The fourth-order valence-electron chi connectivity index (χ4n) is 2.71. The van der Waals surface area contributed by atoms with Gasteiger partial charge in [-0.2, -0.15) is 0 Å². The number of ether oxygens (including phenoxy) is 1. The molecule has 1 saturated heterocycles. The second kappa shape index (κ2) is 8.49. The molecule has 1 aliphatic heterocycles. The Morgan fingerprint density at radius 1 is 1.30 bits per heavy atom. The minimum Gasteiger partial charge on any atom is -0.373 e. The normalized spacial score (nSPS) is 24.1. The number of nitrogens with one attached hydrogen (secondary N) is 1. The van der Waals surface area contributed by atoms with E-state index < -0.39 is 0 Å². The summed E-state index contributed by atoms with van der Waals surface area (Å²) in [5, 5.41) is 3.52. The van der Waals surface area contributed by atoms with E-state index in [2.05, 4.69) is 52.1 Å². The minimum atomic E-state index is 0.383. The molecule has 20 heavy (non-hydrogen) atoms. The van der Waals surface area contributed by atoms with Crippen LogP contribution < -0.4 is 5.32 Å². The predicted molar refractivity (Wildman–Crippen MR) is 89.4 cm³/mol. The van der Waals surface area contributed by atoms with E-state index in [0.717, 1.165) is 26.2 Å². The van der Waals surface area contributed by atoms with Gasteiger partial charge in [0.2, 0.25) is 0 Å². The molecule has 1 aromatic heterocycles. The third-order valence-corrected chi connectivity index (χ3v) is 5.12. The van der Waals surface area contributed by atoms with Crippen molar-refractivity contribution in [2.75, 3.05) is 26.2 Å². The van der Waals surface area contributed by atoms with Crippen molar-refractivity contribution in [2.24, 2.45) is 0 Å². The van der Waals surface area contributed by atoms with E-state index in [-0.39, 0.29) is 0 Å². The lowest BCUT2D eigenvalue weighted by Crippen LogP contribution is -2.45. The highest BCUT2D eigenvalue weighted by atomic mass is 79.9. The Morgan fingerprint density at radius 3 is 2.70 bits per heavy atom. The zero-order chi connectivity index (χ0) is 14.4. The monoisotopic (exact) mass is 360 g/mol. The van der Waals surface area contributed by atoms with Gasteiger partial charge in [0.25, 0.3) is 0 Å². The lowest BCUT2D eigenvalue weighted by molar-refractivity contribution is -0.0681.